The third kappa shape index (κ3) is 4.40. The molecule has 0 fully saturated rings. The average Bonchev–Trinajstić information content (AvgIpc) is 3.09. The molecule has 0 unspecified atom stereocenters. The van der Waals surface area contributed by atoms with Gasteiger partial charge >= 0.3 is 5.97 Å². The normalized spacial score (nSPS) is 10.8. The lowest BCUT2D eigenvalue weighted by atomic mass is 10.2. The van der Waals surface area contributed by atoms with Gasteiger partial charge in [0.25, 0.3) is 5.89 Å². The summed E-state index contributed by atoms with van der Waals surface area (Å²) in [4.78, 5) is 12.3. The molecule has 134 valence electrons. The maximum atomic E-state index is 12.3. The van der Waals surface area contributed by atoms with Gasteiger partial charge in [-0.15, -0.1) is 10.2 Å². The lowest BCUT2D eigenvalue weighted by Crippen LogP contribution is -2.12. The molecular formula is C19H17ClN2O4. The predicted molar refractivity (Wildman–Crippen MR) is 96.1 cm³/mol. The van der Waals surface area contributed by atoms with E-state index in [0.29, 0.717) is 22.2 Å². The van der Waals surface area contributed by atoms with Crippen LogP contribution in [0.4, 0.5) is 0 Å². The molecule has 3 aromatic rings. The fourth-order valence-corrected chi connectivity index (χ4v) is 2.34. The molecule has 0 spiro atoms. The number of nitrogens with zero attached hydrogens (tertiary/aromatic N) is 2. The van der Waals surface area contributed by atoms with Crippen LogP contribution in [-0.2, 0) is 11.3 Å². The van der Waals surface area contributed by atoms with Crippen LogP contribution in [0.3, 0.4) is 0 Å². The zero-order chi connectivity index (χ0) is 18.5. The quantitative estimate of drug-likeness (QED) is 0.591. The molecule has 0 aliphatic carbocycles. The molecule has 0 aliphatic heterocycles. The highest BCUT2D eigenvalue weighted by atomic mass is 35.5. The van der Waals surface area contributed by atoms with E-state index < -0.39 is 5.97 Å². The predicted octanol–water partition coefficient (Wildman–Crippen LogP) is 4.53. The van der Waals surface area contributed by atoms with E-state index in [9.17, 15) is 4.79 Å². The lowest BCUT2D eigenvalue weighted by Gasteiger charge is -2.13. The second-order valence-electron chi connectivity index (χ2n) is 5.75. The average molecular weight is 373 g/mol. The summed E-state index contributed by atoms with van der Waals surface area (Å²) in [6.07, 6.45) is -0.0539. The molecule has 1 aromatic heterocycles. The summed E-state index contributed by atoms with van der Waals surface area (Å²) in [5, 5.41) is 8.46. The molecule has 0 amide bonds. The van der Waals surface area contributed by atoms with Gasteiger partial charge in [0.05, 0.1) is 6.10 Å². The van der Waals surface area contributed by atoms with Crippen LogP contribution in [0.5, 0.6) is 5.75 Å². The van der Waals surface area contributed by atoms with Crippen LogP contribution in [0, 0.1) is 0 Å². The molecule has 3 rings (SSSR count). The van der Waals surface area contributed by atoms with Crippen molar-refractivity contribution < 1.29 is 18.7 Å². The Hall–Kier alpha value is -2.86. The second kappa shape index (κ2) is 8.01. The van der Waals surface area contributed by atoms with Crippen LogP contribution in [0.15, 0.2) is 52.9 Å². The SMILES string of the molecule is CC(C)Oc1ccccc1C(=O)OCc1nnc(-c2ccc(Cl)cc2)o1. The third-order valence-electron chi connectivity index (χ3n) is 3.35. The van der Waals surface area contributed by atoms with Crippen molar-refractivity contribution in [1.29, 1.82) is 0 Å². The highest BCUT2D eigenvalue weighted by molar-refractivity contribution is 6.30. The van der Waals surface area contributed by atoms with E-state index in [4.69, 9.17) is 25.5 Å². The third-order valence-corrected chi connectivity index (χ3v) is 3.61. The van der Waals surface area contributed by atoms with Crippen LogP contribution in [-0.4, -0.2) is 22.3 Å². The molecule has 2 aromatic carbocycles. The number of halogens is 1. The Kier molecular flexibility index (Phi) is 5.53. The topological polar surface area (TPSA) is 74.5 Å². The Morgan fingerprint density at radius 1 is 1.12 bits per heavy atom. The first-order valence-corrected chi connectivity index (χ1v) is 8.42. The number of ether oxygens (including phenoxy) is 2. The Morgan fingerprint density at radius 3 is 2.58 bits per heavy atom. The van der Waals surface area contributed by atoms with E-state index in [1.807, 2.05) is 13.8 Å². The molecule has 0 saturated carbocycles. The van der Waals surface area contributed by atoms with Crippen molar-refractivity contribution in [3.8, 4) is 17.2 Å². The number of esters is 1. The summed E-state index contributed by atoms with van der Waals surface area (Å²) in [6.45, 7) is 3.65. The van der Waals surface area contributed by atoms with Crippen molar-refractivity contribution in [3.63, 3.8) is 0 Å². The lowest BCUT2D eigenvalue weighted by molar-refractivity contribution is 0.0432. The number of rotatable bonds is 6. The maximum Gasteiger partial charge on any atom is 0.342 e. The van der Waals surface area contributed by atoms with E-state index in [-0.39, 0.29) is 18.6 Å². The summed E-state index contributed by atoms with van der Waals surface area (Å²) >= 11 is 5.86. The van der Waals surface area contributed by atoms with Gasteiger partial charge in [0.15, 0.2) is 6.61 Å². The number of benzene rings is 2. The van der Waals surface area contributed by atoms with Gasteiger partial charge < -0.3 is 13.9 Å². The standard InChI is InChI=1S/C19H17ClN2O4/c1-12(2)25-16-6-4-3-5-15(16)19(23)24-11-17-21-22-18(26-17)13-7-9-14(20)10-8-13/h3-10,12H,11H2,1-2H3. The van der Waals surface area contributed by atoms with Crippen molar-refractivity contribution in [2.75, 3.05) is 0 Å². The molecule has 0 atom stereocenters. The fraction of sp³-hybridized carbons (Fsp3) is 0.211. The van der Waals surface area contributed by atoms with Gasteiger partial charge in [-0.2, -0.15) is 0 Å². The molecule has 0 aliphatic rings. The van der Waals surface area contributed by atoms with E-state index in [1.54, 1.807) is 48.5 Å². The Morgan fingerprint density at radius 2 is 1.85 bits per heavy atom. The number of aromatic nitrogens is 2. The molecule has 7 heteroatoms. The van der Waals surface area contributed by atoms with Crippen LogP contribution in [0.25, 0.3) is 11.5 Å². The number of para-hydroxylation sites is 1. The van der Waals surface area contributed by atoms with Gasteiger partial charge in [0.2, 0.25) is 5.89 Å². The molecule has 0 N–H and O–H groups in total. The molecule has 0 bridgehead atoms. The van der Waals surface area contributed by atoms with Gasteiger partial charge in [-0.05, 0) is 50.2 Å². The zero-order valence-electron chi connectivity index (χ0n) is 14.3. The van der Waals surface area contributed by atoms with Gasteiger partial charge in [0.1, 0.15) is 11.3 Å². The largest absolute Gasteiger partial charge is 0.490 e. The van der Waals surface area contributed by atoms with Gasteiger partial charge in [-0.3, -0.25) is 0 Å². The van der Waals surface area contributed by atoms with E-state index in [1.165, 1.54) is 0 Å². The number of carbonyl (C=O) groups excluding carboxylic acids is 1. The number of hydrogen-bond acceptors (Lipinski definition) is 6. The highest BCUT2D eigenvalue weighted by Gasteiger charge is 2.16. The van der Waals surface area contributed by atoms with Gasteiger partial charge in [-0.1, -0.05) is 23.7 Å². The highest BCUT2D eigenvalue weighted by Crippen LogP contribution is 2.22. The van der Waals surface area contributed by atoms with Crippen LogP contribution in [0.1, 0.15) is 30.1 Å². The van der Waals surface area contributed by atoms with Crippen LogP contribution < -0.4 is 4.74 Å². The van der Waals surface area contributed by atoms with E-state index in [0.717, 1.165) is 5.56 Å². The van der Waals surface area contributed by atoms with Crippen molar-refractivity contribution in [3.05, 3.63) is 65.0 Å². The molecule has 0 saturated heterocycles. The van der Waals surface area contributed by atoms with E-state index in [2.05, 4.69) is 10.2 Å². The smallest absolute Gasteiger partial charge is 0.342 e. The molecule has 6 nitrogen and oxygen atoms in total. The first-order chi connectivity index (χ1) is 12.5. The minimum absolute atomic E-state index is 0.0539. The zero-order valence-corrected chi connectivity index (χ0v) is 15.1. The molecular weight excluding hydrogens is 356 g/mol. The number of hydrogen-bond donors (Lipinski definition) is 0. The minimum Gasteiger partial charge on any atom is -0.490 e. The van der Waals surface area contributed by atoms with Crippen LogP contribution >= 0.6 is 11.6 Å². The summed E-state index contributed by atoms with van der Waals surface area (Å²) < 4.78 is 16.4. The van der Waals surface area contributed by atoms with Crippen molar-refractivity contribution >= 4 is 17.6 Å². The van der Waals surface area contributed by atoms with Crippen molar-refractivity contribution in [1.82, 2.24) is 10.2 Å². The first kappa shape index (κ1) is 17.9. The van der Waals surface area contributed by atoms with Crippen molar-refractivity contribution in [2.24, 2.45) is 0 Å². The first-order valence-electron chi connectivity index (χ1n) is 8.04. The second-order valence-corrected chi connectivity index (χ2v) is 6.18. The summed E-state index contributed by atoms with van der Waals surface area (Å²) in [5.41, 5.74) is 1.08. The molecule has 26 heavy (non-hydrogen) atoms. The Labute approximate surface area is 155 Å². The molecule has 0 radical (unpaired) electrons. The minimum atomic E-state index is -0.521. The summed E-state index contributed by atoms with van der Waals surface area (Å²) in [6, 6.07) is 13.9. The van der Waals surface area contributed by atoms with Gasteiger partial charge in [0, 0.05) is 10.6 Å². The van der Waals surface area contributed by atoms with Crippen LogP contribution in [0.2, 0.25) is 5.02 Å². The summed E-state index contributed by atoms with van der Waals surface area (Å²) in [5.74, 6) is 0.481. The Balaban J connectivity index is 1.66. The summed E-state index contributed by atoms with van der Waals surface area (Å²) in [7, 11) is 0. The van der Waals surface area contributed by atoms with Gasteiger partial charge in [-0.25, -0.2) is 4.79 Å². The fourth-order valence-electron chi connectivity index (χ4n) is 2.22. The molecule has 1 heterocycles. The monoisotopic (exact) mass is 372 g/mol. The Bertz CT molecular complexity index is 891. The maximum absolute atomic E-state index is 12.3. The number of carbonyl (C=O) groups is 1. The van der Waals surface area contributed by atoms with E-state index >= 15 is 0 Å². The van der Waals surface area contributed by atoms with Crippen molar-refractivity contribution in [2.45, 2.75) is 26.6 Å².